The predicted molar refractivity (Wildman–Crippen MR) is 115 cm³/mol. The van der Waals surface area contributed by atoms with Crippen LogP contribution in [0.25, 0.3) is 5.57 Å². The van der Waals surface area contributed by atoms with Gasteiger partial charge in [-0.2, -0.15) is 0 Å². The van der Waals surface area contributed by atoms with Gasteiger partial charge in [0.15, 0.2) is 0 Å². The second kappa shape index (κ2) is 11.1. The van der Waals surface area contributed by atoms with E-state index < -0.39 is 8.80 Å². The third kappa shape index (κ3) is 5.94. The van der Waals surface area contributed by atoms with Gasteiger partial charge in [-0.3, -0.25) is 0 Å². The van der Waals surface area contributed by atoms with Crippen LogP contribution in [-0.4, -0.2) is 46.7 Å². The lowest BCUT2D eigenvalue weighted by molar-refractivity contribution is 0.249. The van der Waals surface area contributed by atoms with Crippen molar-refractivity contribution in [3.05, 3.63) is 72.3 Å². The first kappa shape index (κ1) is 20.6. The summed E-state index contributed by atoms with van der Waals surface area (Å²) in [5, 5.41) is 1.46. The highest BCUT2D eigenvalue weighted by atomic mass is 28.3. The van der Waals surface area contributed by atoms with E-state index in [0.29, 0.717) is 0 Å². The Kier molecular flexibility index (Phi) is 8.82. The fraction of sp³-hybridized carbons (Fsp3) is 0.391. The van der Waals surface area contributed by atoms with Crippen molar-refractivity contribution in [2.24, 2.45) is 0 Å². The van der Waals surface area contributed by atoms with E-state index in [-0.39, 0.29) is 0 Å². The maximum Gasteiger partial charge on any atom is 0.116 e. The van der Waals surface area contributed by atoms with Crippen molar-refractivity contribution in [2.45, 2.75) is 26.3 Å². The Labute approximate surface area is 161 Å². The Hall–Kier alpha value is -1.68. The van der Waals surface area contributed by atoms with Gasteiger partial charge in [-0.1, -0.05) is 86.3 Å². The van der Waals surface area contributed by atoms with Crippen LogP contribution < -0.4 is 5.19 Å². The summed E-state index contributed by atoms with van der Waals surface area (Å²) in [4.78, 5) is 2.50. The Morgan fingerprint density at radius 1 is 0.962 bits per heavy atom. The molecule has 0 unspecified atom stereocenters. The van der Waals surface area contributed by atoms with Gasteiger partial charge in [0.2, 0.25) is 0 Å². The highest BCUT2D eigenvalue weighted by Crippen LogP contribution is 2.20. The summed E-state index contributed by atoms with van der Waals surface area (Å²) in [5.74, 6) is 0. The number of hydrogen-bond acceptors (Lipinski definition) is 2. The van der Waals surface area contributed by atoms with Crippen LogP contribution >= 0.6 is 0 Å². The highest BCUT2D eigenvalue weighted by molar-refractivity contribution is 6.73. The third-order valence-electron chi connectivity index (χ3n) is 4.93. The molecule has 3 heteroatoms. The van der Waals surface area contributed by atoms with Crippen LogP contribution in [0.3, 0.4) is 0 Å². The van der Waals surface area contributed by atoms with E-state index in [1.165, 1.54) is 35.3 Å². The molecule has 139 valence electrons. The van der Waals surface area contributed by atoms with E-state index >= 15 is 0 Å². The predicted octanol–water partition coefficient (Wildman–Crippen LogP) is 4.37. The lowest BCUT2D eigenvalue weighted by Gasteiger charge is -2.20. The average Bonchev–Trinajstić information content (AvgIpc) is 2.70. The number of methoxy groups -OCH3 is 1. The molecule has 0 heterocycles. The molecular weight excluding hydrogens is 334 g/mol. The second-order valence-corrected chi connectivity index (χ2v) is 9.16. The molecule has 26 heavy (non-hydrogen) atoms. The smallest absolute Gasteiger partial charge is 0.116 e. The molecule has 0 fully saturated rings. The van der Waals surface area contributed by atoms with Crippen LogP contribution in [0, 0.1) is 0 Å². The van der Waals surface area contributed by atoms with Crippen molar-refractivity contribution in [3.8, 4) is 0 Å². The van der Waals surface area contributed by atoms with Gasteiger partial charge in [0, 0.05) is 13.3 Å². The normalized spacial score (nSPS) is 11.3. The van der Waals surface area contributed by atoms with Crippen LogP contribution in [-0.2, 0) is 4.74 Å². The molecule has 0 bridgehead atoms. The van der Waals surface area contributed by atoms with E-state index in [9.17, 15) is 0 Å². The van der Waals surface area contributed by atoms with E-state index in [1.807, 2.05) is 13.2 Å². The van der Waals surface area contributed by atoms with Gasteiger partial charge in [-0.25, -0.2) is 0 Å². The van der Waals surface area contributed by atoms with Crippen LogP contribution in [0.2, 0.25) is 6.04 Å². The molecule has 0 aromatic heterocycles. The molecular formula is C23H32NOSi. The van der Waals surface area contributed by atoms with Gasteiger partial charge in [0.1, 0.15) is 8.80 Å². The first-order valence-electron chi connectivity index (χ1n) is 9.60. The molecule has 0 aliphatic carbocycles. The van der Waals surface area contributed by atoms with Gasteiger partial charge < -0.3 is 9.64 Å². The Balaban J connectivity index is 2.02. The van der Waals surface area contributed by atoms with Gasteiger partial charge in [-0.15, -0.1) is 0 Å². The molecule has 0 N–H and O–H groups in total. The van der Waals surface area contributed by atoms with Crippen LogP contribution in [0.1, 0.15) is 31.4 Å². The van der Waals surface area contributed by atoms with Gasteiger partial charge >= 0.3 is 0 Å². The van der Waals surface area contributed by atoms with Gasteiger partial charge in [0.05, 0.1) is 0 Å². The minimum Gasteiger partial charge on any atom is -0.388 e. The van der Waals surface area contributed by atoms with Crippen molar-refractivity contribution in [2.75, 3.05) is 33.0 Å². The number of rotatable bonds is 11. The maximum absolute atomic E-state index is 5.53. The molecule has 0 saturated heterocycles. The third-order valence-corrected chi connectivity index (χ3v) is 7.67. The highest BCUT2D eigenvalue weighted by Gasteiger charge is 2.15. The summed E-state index contributed by atoms with van der Waals surface area (Å²) < 4.78 is 5.53. The van der Waals surface area contributed by atoms with E-state index in [4.69, 9.17) is 4.74 Å². The van der Waals surface area contributed by atoms with E-state index in [0.717, 1.165) is 24.9 Å². The van der Waals surface area contributed by atoms with Gasteiger partial charge in [0.25, 0.3) is 0 Å². The fourth-order valence-electron chi connectivity index (χ4n) is 3.24. The lowest BCUT2D eigenvalue weighted by atomic mass is 10.00. The molecule has 0 spiro atoms. The zero-order valence-corrected chi connectivity index (χ0v) is 17.5. The Bertz CT molecular complexity index is 650. The summed E-state index contributed by atoms with van der Waals surface area (Å²) in [7, 11) is 1.15. The summed E-state index contributed by atoms with van der Waals surface area (Å²) in [6, 6.07) is 20.7. The maximum atomic E-state index is 5.53. The number of nitrogens with zero attached hydrogens (tertiary/aromatic N) is 1. The number of ether oxygens (including phenoxy) is 1. The summed E-state index contributed by atoms with van der Waals surface area (Å²) in [6.07, 6.45) is 2.12. The first-order valence-corrected chi connectivity index (χ1v) is 11.5. The summed E-state index contributed by atoms with van der Waals surface area (Å²) in [6.45, 7) is 12.2. The van der Waals surface area contributed by atoms with E-state index in [2.05, 4.69) is 73.9 Å². The van der Waals surface area contributed by atoms with Crippen LogP contribution in [0.15, 0.2) is 61.2 Å². The first-order chi connectivity index (χ1) is 12.7. The molecule has 2 aromatic rings. The molecule has 2 rings (SSSR count). The number of hydrogen-bond donors (Lipinski definition) is 0. The van der Waals surface area contributed by atoms with Crippen LogP contribution in [0.5, 0.6) is 0 Å². The minimum absolute atomic E-state index is 0.669. The number of benzene rings is 2. The molecule has 1 radical (unpaired) electrons. The van der Waals surface area contributed by atoms with E-state index in [1.54, 1.807) is 0 Å². The van der Waals surface area contributed by atoms with Crippen molar-refractivity contribution >= 4 is 19.6 Å². The molecule has 2 nitrogen and oxygen atoms in total. The van der Waals surface area contributed by atoms with Crippen molar-refractivity contribution < 1.29 is 4.74 Å². The lowest BCUT2D eigenvalue weighted by Crippen LogP contribution is -2.36. The van der Waals surface area contributed by atoms with Crippen molar-refractivity contribution in [1.82, 2.24) is 4.90 Å². The average molecular weight is 367 g/mol. The zero-order valence-electron chi connectivity index (χ0n) is 16.5. The molecule has 0 aliphatic heterocycles. The molecule has 0 amide bonds. The SMILES string of the molecule is C=C(c1ccccc1)c1ccc([Si](CCCN(CC)CC)COC)cc1. The monoisotopic (exact) mass is 366 g/mol. The molecule has 0 saturated carbocycles. The second-order valence-electron chi connectivity index (χ2n) is 6.59. The largest absolute Gasteiger partial charge is 0.388 e. The van der Waals surface area contributed by atoms with Gasteiger partial charge in [-0.05, 0) is 42.8 Å². The summed E-state index contributed by atoms with van der Waals surface area (Å²) >= 11 is 0. The quantitative estimate of drug-likeness (QED) is 0.548. The zero-order chi connectivity index (χ0) is 18.8. The summed E-state index contributed by atoms with van der Waals surface area (Å²) in [5.41, 5.74) is 3.46. The standard InChI is InChI=1S/C23H32NOSi/c1-5-24(6-2)17-10-18-26(19-25-4)23-15-13-22(14-16-23)20(3)21-11-8-7-9-12-21/h7-9,11-16H,3,5-6,10,17-19H2,1-2,4H3. The Morgan fingerprint density at radius 2 is 1.58 bits per heavy atom. The fourth-order valence-corrected chi connectivity index (χ4v) is 5.41. The Morgan fingerprint density at radius 3 is 2.15 bits per heavy atom. The van der Waals surface area contributed by atoms with Crippen LogP contribution in [0.4, 0.5) is 0 Å². The van der Waals surface area contributed by atoms with Crippen molar-refractivity contribution in [1.29, 1.82) is 0 Å². The topological polar surface area (TPSA) is 12.5 Å². The molecule has 0 atom stereocenters. The molecule has 0 aliphatic rings. The molecule has 2 aromatic carbocycles. The van der Waals surface area contributed by atoms with Crippen molar-refractivity contribution in [3.63, 3.8) is 0 Å². The minimum atomic E-state index is -0.669.